The quantitative estimate of drug-likeness (QED) is 0.253. The minimum Gasteiger partial charge on any atom is -0.497 e. The van der Waals surface area contributed by atoms with Crippen LogP contribution in [0.1, 0.15) is 25.3 Å². The lowest BCUT2D eigenvalue weighted by molar-refractivity contribution is -0.118. The minimum atomic E-state index is -0.129. The van der Waals surface area contributed by atoms with E-state index in [1.54, 1.807) is 11.7 Å². The second-order valence-electron chi connectivity index (χ2n) is 7.70. The molecule has 4 aromatic rings. The molecule has 0 saturated carbocycles. The molecule has 2 aromatic carbocycles. The Kier molecular flexibility index (Phi) is 7.97. The van der Waals surface area contributed by atoms with Crippen molar-refractivity contribution >= 4 is 39.4 Å². The topological polar surface area (TPSA) is 86.1 Å². The summed E-state index contributed by atoms with van der Waals surface area (Å²) in [4.78, 5) is 30.7. The number of amides is 1. The van der Waals surface area contributed by atoms with Gasteiger partial charge in [-0.05, 0) is 35.6 Å². The second-order valence-corrected chi connectivity index (χ2v) is 9.41. The van der Waals surface area contributed by atoms with Crippen molar-refractivity contribution in [2.24, 2.45) is 0 Å². The van der Waals surface area contributed by atoms with Crippen LogP contribution in [0.3, 0.4) is 0 Å². The Balaban J connectivity index is 1.55. The summed E-state index contributed by atoms with van der Waals surface area (Å²) in [5, 5.41) is 3.47. The number of carbonyl (C=O) groups excluding carboxylic acids is 1. The number of nitrogens with one attached hydrogen (secondary N) is 1. The number of methoxy groups -OCH3 is 1. The Morgan fingerprint density at radius 3 is 2.76 bits per heavy atom. The number of rotatable bonds is 10. The van der Waals surface area contributed by atoms with Gasteiger partial charge >= 0.3 is 0 Å². The molecule has 0 bridgehead atoms. The van der Waals surface area contributed by atoms with Gasteiger partial charge in [-0.25, -0.2) is 4.98 Å². The number of hydrogen-bond donors (Lipinski definition) is 1. The van der Waals surface area contributed by atoms with E-state index < -0.39 is 0 Å². The van der Waals surface area contributed by atoms with Crippen molar-refractivity contribution < 1.29 is 9.53 Å². The maximum Gasteiger partial charge on any atom is 0.273 e. The highest BCUT2D eigenvalue weighted by atomic mass is 32.2. The fourth-order valence-electron chi connectivity index (χ4n) is 3.47. The van der Waals surface area contributed by atoms with Crippen LogP contribution in [-0.4, -0.2) is 32.7 Å². The van der Waals surface area contributed by atoms with Gasteiger partial charge in [0.1, 0.15) is 21.7 Å². The van der Waals surface area contributed by atoms with Crippen LogP contribution in [0, 0.1) is 0 Å². The lowest BCUT2D eigenvalue weighted by atomic mass is 10.1. The number of unbranched alkanes of at least 4 members (excludes halogenated alkanes) is 1. The largest absolute Gasteiger partial charge is 0.497 e. The van der Waals surface area contributed by atoms with E-state index in [0.29, 0.717) is 34.2 Å². The molecule has 7 nitrogen and oxygen atoms in total. The number of fused-ring (bicyclic) bond motifs is 1. The van der Waals surface area contributed by atoms with Crippen LogP contribution in [-0.2, 0) is 17.9 Å². The van der Waals surface area contributed by atoms with E-state index in [-0.39, 0.29) is 17.2 Å². The summed E-state index contributed by atoms with van der Waals surface area (Å²) in [7, 11) is 1.61. The van der Waals surface area contributed by atoms with Gasteiger partial charge in [0, 0.05) is 18.7 Å². The molecule has 34 heavy (non-hydrogen) atoms. The first-order chi connectivity index (χ1) is 16.6. The van der Waals surface area contributed by atoms with Gasteiger partial charge in [0.05, 0.1) is 12.9 Å². The van der Waals surface area contributed by atoms with Crippen molar-refractivity contribution in [3.8, 4) is 17.0 Å². The Morgan fingerprint density at radius 2 is 2.00 bits per heavy atom. The fraction of sp³-hybridized carbons (Fsp3) is 0.280. The average Bonchev–Trinajstić information content (AvgIpc) is 3.30. The maximum atomic E-state index is 13.3. The third-order valence-corrected chi connectivity index (χ3v) is 7.08. The zero-order chi connectivity index (χ0) is 23.9. The molecule has 0 saturated heterocycles. The maximum absolute atomic E-state index is 13.3. The predicted molar refractivity (Wildman–Crippen MR) is 138 cm³/mol. The molecule has 0 unspecified atom stereocenters. The molecule has 176 valence electrons. The summed E-state index contributed by atoms with van der Waals surface area (Å²) in [5.41, 5.74) is 3.06. The van der Waals surface area contributed by atoms with E-state index in [4.69, 9.17) is 9.72 Å². The summed E-state index contributed by atoms with van der Waals surface area (Å²) >= 11 is 2.46. The molecule has 1 N–H and O–H groups in total. The van der Waals surface area contributed by atoms with E-state index in [9.17, 15) is 9.59 Å². The van der Waals surface area contributed by atoms with Gasteiger partial charge in [-0.15, -0.1) is 0 Å². The third kappa shape index (κ3) is 5.48. The van der Waals surface area contributed by atoms with E-state index in [0.717, 1.165) is 29.7 Å². The summed E-state index contributed by atoms with van der Waals surface area (Å²) in [6.45, 7) is 3.04. The highest BCUT2D eigenvalue weighted by Gasteiger charge is 2.19. The molecular weight excluding hydrogens is 468 g/mol. The molecule has 0 fully saturated rings. The van der Waals surface area contributed by atoms with Crippen LogP contribution in [0.2, 0.25) is 0 Å². The first-order valence-electron chi connectivity index (χ1n) is 11.1. The standard InChI is InChI=1S/C25H26N4O3S2/c1-3-4-13-29-24(31)23-22(21(28-34-23)18-10-6-5-7-11-18)27-25(29)33-16-20(30)26-15-17-9-8-12-19(14-17)32-2/h5-12,14H,3-4,13,15-16H2,1-2H3,(H,26,30). The van der Waals surface area contributed by atoms with Gasteiger partial charge < -0.3 is 10.1 Å². The normalized spacial score (nSPS) is 11.0. The number of thioether (sulfide) groups is 1. The lowest BCUT2D eigenvalue weighted by Crippen LogP contribution is -2.26. The van der Waals surface area contributed by atoms with Crippen molar-refractivity contribution in [2.45, 2.75) is 38.0 Å². The van der Waals surface area contributed by atoms with Gasteiger partial charge in [-0.2, -0.15) is 4.37 Å². The molecule has 2 aromatic heterocycles. The highest BCUT2D eigenvalue weighted by Crippen LogP contribution is 2.29. The van der Waals surface area contributed by atoms with Crippen molar-refractivity contribution in [2.75, 3.05) is 12.9 Å². The minimum absolute atomic E-state index is 0.0996. The van der Waals surface area contributed by atoms with Crippen LogP contribution >= 0.6 is 23.3 Å². The van der Waals surface area contributed by atoms with Crippen LogP contribution in [0.25, 0.3) is 21.5 Å². The SMILES string of the molecule is CCCCn1c(SCC(=O)NCc2cccc(OC)c2)nc2c(-c3ccccc3)nsc2c1=O. The Hall–Kier alpha value is -3.17. The van der Waals surface area contributed by atoms with Crippen molar-refractivity contribution in [1.29, 1.82) is 0 Å². The van der Waals surface area contributed by atoms with Crippen LogP contribution in [0.4, 0.5) is 0 Å². The molecule has 0 atom stereocenters. The molecule has 0 aliphatic rings. The number of carbonyl (C=O) groups is 1. The summed E-state index contributed by atoms with van der Waals surface area (Å²) in [6.07, 6.45) is 1.81. The molecule has 9 heteroatoms. The smallest absolute Gasteiger partial charge is 0.273 e. The van der Waals surface area contributed by atoms with Gasteiger partial charge in [-0.3, -0.25) is 14.2 Å². The van der Waals surface area contributed by atoms with E-state index >= 15 is 0 Å². The highest BCUT2D eigenvalue weighted by molar-refractivity contribution is 7.99. The third-order valence-electron chi connectivity index (χ3n) is 5.28. The predicted octanol–water partition coefficient (Wildman–Crippen LogP) is 4.74. The molecule has 0 aliphatic heterocycles. The van der Waals surface area contributed by atoms with Crippen molar-refractivity contribution in [3.05, 3.63) is 70.5 Å². The molecule has 0 spiro atoms. The number of hydrogen-bond acceptors (Lipinski definition) is 7. The summed E-state index contributed by atoms with van der Waals surface area (Å²) in [5.74, 6) is 0.778. The zero-order valence-electron chi connectivity index (χ0n) is 19.1. The molecular formula is C25H26N4O3S2. The first-order valence-corrected chi connectivity index (χ1v) is 12.8. The van der Waals surface area contributed by atoms with E-state index in [1.807, 2.05) is 54.6 Å². The Labute approximate surface area is 206 Å². The van der Waals surface area contributed by atoms with E-state index in [2.05, 4.69) is 16.6 Å². The summed E-state index contributed by atoms with van der Waals surface area (Å²) < 4.78 is 12.0. The average molecular weight is 495 g/mol. The lowest BCUT2D eigenvalue weighted by Gasteiger charge is -2.12. The molecule has 0 aliphatic carbocycles. The number of benzene rings is 2. The number of ether oxygens (including phenoxy) is 1. The van der Waals surface area contributed by atoms with Gasteiger partial charge in [0.25, 0.3) is 5.56 Å². The Bertz CT molecular complexity index is 1340. The number of aromatic nitrogens is 3. The van der Waals surface area contributed by atoms with Crippen molar-refractivity contribution in [1.82, 2.24) is 19.2 Å². The zero-order valence-corrected chi connectivity index (χ0v) is 20.7. The van der Waals surface area contributed by atoms with Crippen LogP contribution in [0.15, 0.2) is 64.5 Å². The molecule has 4 rings (SSSR count). The van der Waals surface area contributed by atoms with Gasteiger partial charge in [0.15, 0.2) is 5.16 Å². The van der Waals surface area contributed by atoms with Gasteiger partial charge in [-0.1, -0.05) is 67.6 Å². The number of nitrogens with zero attached hydrogens (tertiary/aromatic N) is 3. The van der Waals surface area contributed by atoms with Crippen LogP contribution < -0.4 is 15.6 Å². The summed E-state index contributed by atoms with van der Waals surface area (Å²) in [6, 6.07) is 17.3. The fourth-order valence-corrected chi connectivity index (χ4v) is 5.11. The van der Waals surface area contributed by atoms with Crippen molar-refractivity contribution in [3.63, 3.8) is 0 Å². The Morgan fingerprint density at radius 1 is 1.18 bits per heavy atom. The second kappa shape index (κ2) is 11.3. The molecule has 2 heterocycles. The first kappa shape index (κ1) is 24.0. The van der Waals surface area contributed by atoms with Crippen LogP contribution in [0.5, 0.6) is 5.75 Å². The monoisotopic (exact) mass is 494 g/mol. The molecule has 1 amide bonds. The van der Waals surface area contributed by atoms with Gasteiger partial charge in [0.2, 0.25) is 5.91 Å². The van der Waals surface area contributed by atoms with E-state index in [1.165, 1.54) is 23.3 Å². The molecule has 0 radical (unpaired) electrons.